The smallest absolute Gasteiger partial charge is 0.233 e. The summed E-state index contributed by atoms with van der Waals surface area (Å²) in [6.07, 6.45) is 2.28. The minimum Gasteiger partial charge on any atom is -0.284 e. The molecule has 0 spiro atoms. The molecule has 3 aromatic heterocycles. The third kappa shape index (κ3) is 1.79. The van der Waals surface area contributed by atoms with Crippen molar-refractivity contribution in [2.24, 2.45) is 0 Å². The van der Waals surface area contributed by atoms with Gasteiger partial charge in [-0.15, -0.1) is 11.3 Å². The van der Waals surface area contributed by atoms with Crippen LogP contribution in [0, 0.1) is 13.8 Å². The zero-order valence-corrected chi connectivity index (χ0v) is 18.2. The summed E-state index contributed by atoms with van der Waals surface area (Å²) in [7, 11) is 0. The lowest BCUT2D eigenvalue weighted by atomic mass is 9.94. The number of hydrogen-bond acceptors (Lipinski definition) is 1. The fourth-order valence-corrected chi connectivity index (χ4v) is 7.10. The van der Waals surface area contributed by atoms with Crippen molar-refractivity contribution in [1.82, 2.24) is 4.57 Å². The Labute approximate surface area is 182 Å². The maximum Gasteiger partial charge on any atom is 0.233 e. The van der Waals surface area contributed by atoms with Crippen LogP contribution in [0.2, 0.25) is 0 Å². The third-order valence-electron chi connectivity index (χ3n) is 7.22. The van der Waals surface area contributed by atoms with Crippen LogP contribution in [0.25, 0.3) is 63.7 Å². The summed E-state index contributed by atoms with van der Waals surface area (Å²) in [5, 5.41) is 9.70. The number of pyridine rings is 1. The van der Waals surface area contributed by atoms with Crippen molar-refractivity contribution in [2.75, 3.05) is 0 Å². The van der Waals surface area contributed by atoms with Crippen LogP contribution in [0.15, 0.2) is 66.9 Å². The normalized spacial score (nSPS) is 13.4. The van der Waals surface area contributed by atoms with Crippen LogP contribution in [-0.4, -0.2) is 4.57 Å². The minimum atomic E-state index is 0.841. The highest BCUT2D eigenvalue weighted by molar-refractivity contribution is 7.26. The zero-order chi connectivity index (χ0) is 20.4. The number of nitrogens with zero attached hydrogens (tertiary/aromatic N) is 2. The molecule has 31 heavy (non-hydrogen) atoms. The van der Waals surface area contributed by atoms with Crippen LogP contribution >= 0.6 is 11.3 Å². The number of rotatable bonds is 0. The summed E-state index contributed by atoms with van der Waals surface area (Å²) in [6, 6.07) is 22.9. The Bertz CT molecular complexity index is 1930. The van der Waals surface area contributed by atoms with Crippen molar-refractivity contribution in [3.05, 3.63) is 78.0 Å². The summed E-state index contributed by atoms with van der Waals surface area (Å²) in [6.45, 7) is 5.28. The lowest BCUT2D eigenvalue weighted by Gasteiger charge is -2.09. The van der Waals surface area contributed by atoms with Crippen LogP contribution in [0.1, 0.15) is 11.1 Å². The molecule has 4 aromatic carbocycles. The molecule has 0 N–H and O–H groups in total. The maximum absolute atomic E-state index is 2.55. The van der Waals surface area contributed by atoms with E-state index in [0.717, 1.165) is 6.67 Å². The second kappa shape index (κ2) is 5.24. The lowest BCUT2D eigenvalue weighted by molar-refractivity contribution is -0.674. The molecule has 0 saturated heterocycles. The molecule has 0 saturated carbocycles. The first-order valence-corrected chi connectivity index (χ1v) is 11.6. The second-order valence-electron chi connectivity index (χ2n) is 8.97. The molecular weight excluding hydrogens is 396 g/mol. The average Bonchev–Trinajstić information content (AvgIpc) is 3.28. The Morgan fingerprint density at radius 2 is 1.65 bits per heavy atom. The molecule has 8 rings (SSSR count). The first-order chi connectivity index (χ1) is 15.2. The van der Waals surface area contributed by atoms with E-state index in [-0.39, 0.29) is 0 Å². The van der Waals surface area contributed by atoms with E-state index in [9.17, 15) is 0 Å². The molecule has 3 heteroatoms. The number of aryl methyl sites for hydroxylation is 2. The Hall–Kier alpha value is -3.43. The highest BCUT2D eigenvalue weighted by Gasteiger charge is 2.28. The van der Waals surface area contributed by atoms with Gasteiger partial charge in [0.1, 0.15) is 4.70 Å². The average molecular weight is 416 g/mol. The molecule has 1 aliphatic heterocycles. The van der Waals surface area contributed by atoms with Crippen LogP contribution in [0.5, 0.6) is 0 Å². The van der Waals surface area contributed by atoms with Gasteiger partial charge in [0.25, 0.3) is 0 Å². The van der Waals surface area contributed by atoms with Crippen molar-refractivity contribution in [3.8, 4) is 0 Å². The van der Waals surface area contributed by atoms with Crippen molar-refractivity contribution in [3.63, 3.8) is 0 Å². The molecule has 0 unspecified atom stereocenters. The van der Waals surface area contributed by atoms with Gasteiger partial charge in [0, 0.05) is 26.9 Å². The first kappa shape index (κ1) is 16.3. The second-order valence-corrected chi connectivity index (χ2v) is 10.0. The van der Waals surface area contributed by atoms with Gasteiger partial charge < -0.3 is 0 Å². The summed E-state index contributed by atoms with van der Waals surface area (Å²) in [4.78, 5) is 0. The Kier molecular flexibility index (Phi) is 2.75. The van der Waals surface area contributed by atoms with Crippen molar-refractivity contribution in [1.29, 1.82) is 0 Å². The highest BCUT2D eigenvalue weighted by atomic mass is 32.1. The number of hydrogen-bond donors (Lipinski definition) is 0. The summed E-state index contributed by atoms with van der Waals surface area (Å²) >= 11 is 1.94. The molecule has 0 radical (unpaired) electrons. The fourth-order valence-electron chi connectivity index (χ4n) is 5.89. The quantitative estimate of drug-likeness (QED) is 0.183. The first-order valence-electron chi connectivity index (χ1n) is 10.8. The SMILES string of the molecule is Cc1ccc2c(c1)c1c3ccccc3c3ccc4sc5c(C)cc[n+]6c5c4c3c1n2C6. The van der Waals surface area contributed by atoms with Crippen molar-refractivity contribution in [2.45, 2.75) is 20.5 Å². The molecule has 0 amide bonds. The minimum absolute atomic E-state index is 0.841. The molecular formula is C28H19N2S+. The van der Waals surface area contributed by atoms with E-state index in [1.165, 1.54) is 74.8 Å². The fraction of sp³-hybridized carbons (Fsp3) is 0.107. The van der Waals surface area contributed by atoms with Crippen LogP contribution < -0.4 is 4.57 Å². The summed E-state index contributed by atoms with van der Waals surface area (Å²) in [5.74, 6) is 0. The zero-order valence-electron chi connectivity index (χ0n) is 17.4. The van der Waals surface area contributed by atoms with Gasteiger partial charge in [-0.1, -0.05) is 42.0 Å². The van der Waals surface area contributed by atoms with Gasteiger partial charge in [-0.25, -0.2) is 0 Å². The van der Waals surface area contributed by atoms with Gasteiger partial charge >= 0.3 is 0 Å². The predicted octanol–water partition coefficient (Wildman–Crippen LogP) is 7.19. The summed E-state index contributed by atoms with van der Waals surface area (Å²) in [5.41, 5.74) is 6.79. The number of thiophene rings is 1. The third-order valence-corrected chi connectivity index (χ3v) is 8.50. The molecule has 7 aromatic rings. The van der Waals surface area contributed by atoms with E-state index in [2.05, 4.69) is 89.8 Å². The van der Waals surface area contributed by atoms with Gasteiger partial charge in [0.2, 0.25) is 12.2 Å². The highest BCUT2D eigenvalue weighted by Crippen LogP contribution is 2.47. The largest absolute Gasteiger partial charge is 0.284 e. The van der Waals surface area contributed by atoms with Crippen LogP contribution in [0.3, 0.4) is 0 Å². The van der Waals surface area contributed by atoms with Crippen LogP contribution in [0.4, 0.5) is 0 Å². The van der Waals surface area contributed by atoms with Crippen LogP contribution in [-0.2, 0) is 6.67 Å². The van der Waals surface area contributed by atoms with E-state index >= 15 is 0 Å². The Morgan fingerprint density at radius 1 is 0.806 bits per heavy atom. The van der Waals surface area contributed by atoms with E-state index < -0.39 is 0 Å². The number of benzene rings is 4. The molecule has 0 atom stereocenters. The van der Waals surface area contributed by atoms with Gasteiger partial charge in [-0.3, -0.25) is 4.57 Å². The molecule has 1 aliphatic rings. The van der Waals surface area contributed by atoms with Gasteiger partial charge in [0.15, 0.2) is 6.20 Å². The number of aromatic nitrogens is 2. The van der Waals surface area contributed by atoms with Crippen molar-refractivity contribution >= 4 is 75.0 Å². The molecule has 0 fully saturated rings. The van der Waals surface area contributed by atoms with E-state index in [4.69, 9.17) is 0 Å². The number of fused-ring (bicyclic) bond motifs is 6. The molecule has 0 bridgehead atoms. The Balaban J connectivity index is 1.85. The van der Waals surface area contributed by atoms with Gasteiger partial charge in [-0.05, 0) is 53.8 Å². The molecule has 2 nitrogen and oxygen atoms in total. The Morgan fingerprint density at radius 3 is 2.55 bits per heavy atom. The molecule has 146 valence electrons. The van der Waals surface area contributed by atoms with Gasteiger partial charge in [-0.2, -0.15) is 4.57 Å². The summed E-state index contributed by atoms with van der Waals surface area (Å²) < 4.78 is 7.82. The molecule has 0 aliphatic carbocycles. The van der Waals surface area contributed by atoms with E-state index in [1.54, 1.807) is 0 Å². The maximum atomic E-state index is 2.55. The van der Waals surface area contributed by atoms with E-state index in [0.29, 0.717) is 0 Å². The van der Waals surface area contributed by atoms with Gasteiger partial charge in [0.05, 0.1) is 16.4 Å². The van der Waals surface area contributed by atoms with E-state index in [1.807, 2.05) is 11.3 Å². The lowest BCUT2D eigenvalue weighted by Crippen LogP contribution is -2.37. The monoisotopic (exact) mass is 415 g/mol. The standard InChI is InChI=1S/C28H19N2S/c1-15-7-9-21-20(13-15)23-18-6-4-3-5-17(18)19-8-10-22-25-24(19)26(23)30(21)14-29-12-11-16(2)28(31-22)27(25)29/h3-13H,14H2,1-2H3/q+1. The topological polar surface area (TPSA) is 8.81 Å². The predicted molar refractivity (Wildman–Crippen MR) is 132 cm³/mol. The molecule has 4 heterocycles. The van der Waals surface area contributed by atoms with Crippen molar-refractivity contribution < 1.29 is 4.57 Å².